The molecule has 0 radical (unpaired) electrons. The number of aliphatic hydroxyl groups is 1. The molecule has 1 atom stereocenters. The molecule has 1 N–H and O–H groups in total. The van der Waals surface area contributed by atoms with Gasteiger partial charge in [-0.1, -0.05) is 80.8 Å². The van der Waals surface area contributed by atoms with Crippen molar-refractivity contribution in [2.24, 2.45) is 0 Å². The van der Waals surface area contributed by atoms with E-state index in [2.05, 4.69) is 31.2 Å². The maximum atomic E-state index is 10.6. The van der Waals surface area contributed by atoms with Crippen molar-refractivity contribution in [3.8, 4) is 11.1 Å². The third-order valence-electron chi connectivity index (χ3n) is 3.88. The van der Waals surface area contributed by atoms with Gasteiger partial charge in [0.25, 0.3) is 0 Å². The lowest BCUT2D eigenvalue weighted by Gasteiger charge is -2.24. The highest BCUT2D eigenvalue weighted by molar-refractivity contribution is 5.63. The average Bonchev–Trinajstić information content (AvgIpc) is 2.48. The Hall–Kier alpha value is -1.60. The summed E-state index contributed by atoms with van der Waals surface area (Å²) in [6.45, 7) is 4.10. The predicted molar refractivity (Wildman–Crippen MR) is 85.6 cm³/mol. The van der Waals surface area contributed by atoms with Gasteiger partial charge < -0.3 is 5.11 Å². The summed E-state index contributed by atoms with van der Waals surface area (Å²) in [5, 5.41) is 10.6. The minimum absolute atomic E-state index is 0.718. The van der Waals surface area contributed by atoms with E-state index >= 15 is 0 Å². The Morgan fingerprint density at radius 2 is 1.45 bits per heavy atom. The van der Waals surface area contributed by atoms with Crippen molar-refractivity contribution in [3.63, 3.8) is 0 Å². The second kappa shape index (κ2) is 6.71. The molecule has 0 fully saturated rings. The summed E-state index contributed by atoms with van der Waals surface area (Å²) < 4.78 is 0. The molecule has 2 aromatic carbocycles. The van der Waals surface area contributed by atoms with E-state index in [-0.39, 0.29) is 0 Å². The first-order valence-electron chi connectivity index (χ1n) is 7.52. The van der Waals surface area contributed by atoms with Crippen LogP contribution in [0.15, 0.2) is 54.6 Å². The van der Waals surface area contributed by atoms with Crippen molar-refractivity contribution in [1.82, 2.24) is 0 Å². The van der Waals surface area contributed by atoms with E-state index in [9.17, 15) is 5.11 Å². The molecule has 1 unspecified atom stereocenters. The normalized spacial score (nSPS) is 13.9. The smallest absolute Gasteiger partial charge is 0.0868 e. The molecule has 0 saturated carbocycles. The summed E-state index contributed by atoms with van der Waals surface area (Å²) >= 11 is 0. The molecule has 0 bridgehead atoms. The van der Waals surface area contributed by atoms with Crippen LogP contribution >= 0.6 is 0 Å². The molecule has 0 aliphatic carbocycles. The van der Waals surface area contributed by atoms with Crippen molar-refractivity contribution in [2.75, 3.05) is 0 Å². The second-order valence-electron chi connectivity index (χ2n) is 5.67. The number of hydrogen-bond donors (Lipinski definition) is 1. The highest BCUT2D eigenvalue weighted by Gasteiger charge is 2.22. The van der Waals surface area contributed by atoms with Gasteiger partial charge in [0.15, 0.2) is 0 Å². The van der Waals surface area contributed by atoms with Crippen LogP contribution in [0.2, 0.25) is 0 Å². The molecule has 2 rings (SSSR count). The number of rotatable bonds is 6. The first-order valence-corrected chi connectivity index (χ1v) is 7.52. The molecular weight excluding hydrogens is 244 g/mol. The summed E-state index contributed by atoms with van der Waals surface area (Å²) in [5.74, 6) is 0. The molecule has 0 amide bonds. The van der Waals surface area contributed by atoms with Gasteiger partial charge in [0.2, 0.25) is 0 Å². The van der Waals surface area contributed by atoms with Gasteiger partial charge in [-0.15, -0.1) is 0 Å². The van der Waals surface area contributed by atoms with E-state index in [0.717, 1.165) is 18.4 Å². The molecule has 0 aromatic heterocycles. The molecular formula is C19H24O. The first-order chi connectivity index (χ1) is 9.63. The van der Waals surface area contributed by atoms with Crippen LogP contribution in [-0.2, 0) is 5.60 Å². The highest BCUT2D eigenvalue weighted by Crippen LogP contribution is 2.29. The van der Waals surface area contributed by atoms with Gasteiger partial charge in [-0.05, 0) is 30.0 Å². The lowest BCUT2D eigenvalue weighted by Crippen LogP contribution is -2.20. The van der Waals surface area contributed by atoms with Crippen LogP contribution in [0.4, 0.5) is 0 Å². The van der Waals surface area contributed by atoms with E-state index in [0.29, 0.717) is 0 Å². The summed E-state index contributed by atoms with van der Waals surface area (Å²) in [5.41, 5.74) is 2.70. The molecule has 0 heterocycles. The van der Waals surface area contributed by atoms with Gasteiger partial charge >= 0.3 is 0 Å². The number of unbranched alkanes of at least 4 members (excludes halogenated alkanes) is 2. The minimum atomic E-state index is -0.718. The Labute approximate surface area is 122 Å². The molecule has 1 nitrogen and oxygen atoms in total. The molecule has 2 aromatic rings. The van der Waals surface area contributed by atoms with E-state index in [1.807, 2.05) is 37.3 Å². The number of benzene rings is 2. The monoisotopic (exact) mass is 268 g/mol. The third-order valence-corrected chi connectivity index (χ3v) is 3.88. The van der Waals surface area contributed by atoms with Crippen LogP contribution in [0.1, 0.15) is 45.1 Å². The highest BCUT2D eigenvalue weighted by atomic mass is 16.3. The fourth-order valence-electron chi connectivity index (χ4n) is 2.52. The lowest BCUT2D eigenvalue weighted by molar-refractivity contribution is 0.0450. The fraction of sp³-hybridized carbons (Fsp3) is 0.368. The summed E-state index contributed by atoms with van der Waals surface area (Å²) in [7, 11) is 0. The predicted octanol–water partition coefficient (Wildman–Crippen LogP) is 5.14. The molecule has 0 saturated heterocycles. The zero-order chi connectivity index (χ0) is 14.4. The Kier molecular flexibility index (Phi) is 4.97. The molecule has 0 aliphatic rings. The Bertz CT molecular complexity index is 511. The van der Waals surface area contributed by atoms with Gasteiger partial charge in [0.1, 0.15) is 0 Å². The quantitative estimate of drug-likeness (QED) is 0.719. The average molecular weight is 268 g/mol. The lowest BCUT2D eigenvalue weighted by atomic mass is 9.89. The first kappa shape index (κ1) is 14.8. The van der Waals surface area contributed by atoms with Crippen LogP contribution in [0.5, 0.6) is 0 Å². The van der Waals surface area contributed by atoms with Crippen molar-refractivity contribution in [3.05, 3.63) is 60.2 Å². The van der Waals surface area contributed by atoms with Gasteiger partial charge in [-0.2, -0.15) is 0 Å². The zero-order valence-corrected chi connectivity index (χ0v) is 12.5. The van der Waals surface area contributed by atoms with Crippen molar-refractivity contribution in [2.45, 2.75) is 45.1 Å². The molecule has 1 heteroatoms. The van der Waals surface area contributed by atoms with Gasteiger partial charge in [0, 0.05) is 0 Å². The van der Waals surface area contributed by atoms with Crippen LogP contribution in [0.25, 0.3) is 11.1 Å². The third kappa shape index (κ3) is 3.71. The van der Waals surface area contributed by atoms with Crippen molar-refractivity contribution < 1.29 is 5.11 Å². The van der Waals surface area contributed by atoms with Crippen molar-refractivity contribution >= 4 is 0 Å². The molecule has 20 heavy (non-hydrogen) atoms. The molecule has 0 aliphatic heterocycles. The maximum absolute atomic E-state index is 10.6. The standard InChI is InChI=1S/C19H24O/c1-3-4-8-15-19(2,20)18-13-11-17(12-14-18)16-9-6-5-7-10-16/h5-7,9-14,20H,3-4,8,15H2,1-2H3. The summed E-state index contributed by atoms with van der Waals surface area (Å²) in [4.78, 5) is 0. The van der Waals surface area contributed by atoms with Crippen LogP contribution < -0.4 is 0 Å². The summed E-state index contributed by atoms with van der Waals surface area (Å²) in [6.07, 6.45) is 4.26. The fourth-order valence-corrected chi connectivity index (χ4v) is 2.52. The summed E-state index contributed by atoms with van der Waals surface area (Å²) in [6, 6.07) is 18.6. The second-order valence-corrected chi connectivity index (χ2v) is 5.67. The molecule has 0 spiro atoms. The van der Waals surface area contributed by atoms with Crippen LogP contribution in [0, 0.1) is 0 Å². The van der Waals surface area contributed by atoms with E-state index in [1.165, 1.54) is 24.0 Å². The SMILES string of the molecule is CCCCCC(C)(O)c1ccc(-c2ccccc2)cc1. The topological polar surface area (TPSA) is 20.2 Å². The van der Waals surface area contributed by atoms with Gasteiger partial charge in [0.05, 0.1) is 5.60 Å². The van der Waals surface area contributed by atoms with Crippen LogP contribution in [-0.4, -0.2) is 5.11 Å². The minimum Gasteiger partial charge on any atom is -0.385 e. The Morgan fingerprint density at radius 1 is 0.850 bits per heavy atom. The Morgan fingerprint density at radius 3 is 2.05 bits per heavy atom. The largest absolute Gasteiger partial charge is 0.385 e. The number of hydrogen-bond acceptors (Lipinski definition) is 1. The van der Waals surface area contributed by atoms with E-state index < -0.39 is 5.60 Å². The Balaban J connectivity index is 2.11. The van der Waals surface area contributed by atoms with E-state index in [1.54, 1.807) is 0 Å². The maximum Gasteiger partial charge on any atom is 0.0868 e. The van der Waals surface area contributed by atoms with Crippen molar-refractivity contribution in [1.29, 1.82) is 0 Å². The molecule has 106 valence electrons. The van der Waals surface area contributed by atoms with Gasteiger partial charge in [-0.3, -0.25) is 0 Å². The van der Waals surface area contributed by atoms with E-state index in [4.69, 9.17) is 0 Å². The zero-order valence-electron chi connectivity index (χ0n) is 12.5. The van der Waals surface area contributed by atoms with Crippen LogP contribution in [0.3, 0.4) is 0 Å². The van der Waals surface area contributed by atoms with Gasteiger partial charge in [-0.25, -0.2) is 0 Å².